The van der Waals surface area contributed by atoms with Gasteiger partial charge >= 0.3 is 0 Å². The quantitative estimate of drug-likeness (QED) is 0.476. The summed E-state index contributed by atoms with van der Waals surface area (Å²) in [6.45, 7) is 6.68. The lowest BCUT2D eigenvalue weighted by atomic mass is 9.83. The van der Waals surface area contributed by atoms with E-state index in [9.17, 15) is 18.7 Å². The third kappa shape index (κ3) is 5.90. The van der Waals surface area contributed by atoms with Crippen molar-refractivity contribution in [2.24, 2.45) is 11.1 Å². The van der Waals surface area contributed by atoms with E-state index in [0.717, 1.165) is 23.4 Å². The second-order valence-electron chi connectivity index (χ2n) is 9.55. The molecule has 2 aromatic carbocycles. The average molecular weight is 470 g/mol. The van der Waals surface area contributed by atoms with Crippen LogP contribution in [0.2, 0.25) is 0 Å². The first-order chi connectivity index (χ1) is 16.2. The first-order valence-electron chi connectivity index (χ1n) is 11.5. The number of hydrogen-bond acceptors (Lipinski definition) is 3. The predicted octanol–water partition coefficient (Wildman–Crippen LogP) is 4.74. The molecule has 1 heterocycles. The standard InChI is InChI=1S/C27H33F2N3O2/c1-27(2,3)26(32(13-7-12-30)25(34)18-33)24-14-20(22-15-21(28)10-11-23(22)29)17-31(24)16-19-8-5-4-6-9-19/h4-6,8-11,14-15,17,26,33H,7,12-13,16,18,30H2,1-3H3. The fraction of sp³-hybridized carbons (Fsp3) is 0.370. The van der Waals surface area contributed by atoms with Crippen LogP contribution in [0.4, 0.5) is 8.78 Å². The fourth-order valence-corrected chi connectivity index (χ4v) is 4.36. The number of rotatable bonds is 9. The third-order valence-corrected chi connectivity index (χ3v) is 5.84. The van der Waals surface area contributed by atoms with Gasteiger partial charge in [-0.15, -0.1) is 0 Å². The van der Waals surface area contributed by atoms with E-state index in [-0.39, 0.29) is 5.56 Å². The molecule has 0 spiro atoms. The van der Waals surface area contributed by atoms with Gasteiger partial charge in [0, 0.05) is 36.1 Å². The Bertz CT molecular complexity index is 1110. The molecular weight excluding hydrogens is 436 g/mol. The second-order valence-corrected chi connectivity index (χ2v) is 9.55. The lowest BCUT2D eigenvalue weighted by Gasteiger charge is -2.40. The number of aliphatic hydroxyl groups excluding tert-OH is 1. The van der Waals surface area contributed by atoms with Gasteiger partial charge in [-0.3, -0.25) is 4.79 Å². The molecule has 0 bridgehead atoms. The summed E-state index contributed by atoms with van der Waals surface area (Å²) in [5, 5.41) is 9.70. The van der Waals surface area contributed by atoms with Gasteiger partial charge in [0.15, 0.2) is 0 Å². The molecule has 0 saturated heterocycles. The lowest BCUT2D eigenvalue weighted by Crippen LogP contribution is -2.44. The van der Waals surface area contributed by atoms with E-state index in [1.807, 2.05) is 61.7 Å². The van der Waals surface area contributed by atoms with Crippen LogP contribution in [0.1, 0.15) is 44.5 Å². The Morgan fingerprint density at radius 2 is 1.82 bits per heavy atom. The SMILES string of the molecule is CC(C)(C)C(c1cc(-c2cc(F)ccc2F)cn1Cc1ccccc1)N(CCCN)C(=O)CO. The number of carbonyl (C=O) groups excluding carboxylic acids is 1. The number of hydrogen-bond donors (Lipinski definition) is 2. The van der Waals surface area contributed by atoms with Gasteiger partial charge in [0.1, 0.15) is 18.2 Å². The first-order valence-corrected chi connectivity index (χ1v) is 11.5. The summed E-state index contributed by atoms with van der Waals surface area (Å²) < 4.78 is 30.6. The topological polar surface area (TPSA) is 71.5 Å². The Hall–Kier alpha value is -3.03. The number of amides is 1. The van der Waals surface area contributed by atoms with Crippen LogP contribution in [0.25, 0.3) is 11.1 Å². The highest BCUT2D eigenvalue weighted by Crippen LogP contribution is 2.41. The summed E-state index contributed by atoms with van der Waals surface area (Å²) in [5.74, 6) is -1.45. The van der Waals surface area contributed by atoms with Crippen molar-refractivity contribution in [3.8, 4) is 11.1 Å². The van der Waals surface area contributed by atoms with E-state index in [1.54, 1.807) is 11.1 Å². The van der Waals surface area contributed by atoms with Crippen LogP contribution < -0.4 is 5.73 Å². The monoisotopic (exact) mass is 469 g/mol. The Labute approximate surface area is 199 Å². The van der Waals surface area contributed by atoms with Crippen molar-refractivity contribution < 1.29 is 18.7 Å². The van der Waals surface area contributed by atoms with Gasteiger partial charge in [0.25, 0.3) is 0 Å². The van der Waals surface area contributed by atoms with Crippen molar-refractivity contribution in [2.75, 3.05) is 19.7 Å². The number of benzene rings is 2. The van der Waals surface area contributed by atoms with Gasteiger partial charge < -0.3 is 20.3 Å². The zero-order valence-electron chi connectivity index (χ0n) is 20.0. The maximum Gasteiger partial charge on any atom is 0.248 e. The second kappa shape index (κ2) is 10.9. The molecule has 182 valence electrons. The molecule has 0 radical (unpaired) electrons. The van der Waals surface area contributed by atoms with Gasteiger partial charge in [-0.25, -0.2) is 8.78 Å². The third-order valence-electron chi connectivity index (χ3n) is 5.84. The highest BCUT2D eigenvalue weighted by molar-refractivity contribution is 5.78. The van der Waals surface area contributed by atoms with Crippen molar-refractivity contribution in [3.63, 3.8) is 0 Å². The minimum Gasteiger partial charge on any atom is -0.387 e. The largest absolute Gasteiger partial charge is 0.387 e. The summed E-state index contributed by atoms with van der Waals surface area (Å²) in [6.07, 6.45) is 2.37. The summed E-state index contributed by atoms with van der Waals surface area (Å²) in [5.41, 5.74) is 7.78. The number of nitrogens with two attached hydrogens (primary N) is 1. The average Bonchev–Trinajstić information content (AvgIpc) is 3.19. The van der Waals surface area contributed by atoms with Crippen molar-refractivity contribution in [1.29, 1.82) is 0 Å². The number of aromatic nitrogens is 1. The Morgan fingerprint density at radius 3 is 2.44 bits per heavy atom. The van der Waals surface area contributed by atoms with Crippen molar-refractivity contribution in [2.45, 2.75) is 39.8 Å². The smallest absolute Gasteiger partial charge is 0.248 e. The molecule has 34 heavy (non-hydrogen) atoms. The maximum atomic E-state index is 14.7. The summed E-state index contributed by atoms with van der Waals surface area (Å²) in [7, 11) is 0. The van der Waals surface area contributed by atoms with E-state index >= 15 is 0 Å². The van der Waals surface area contributed by atoms with Crippen LogP contribution in [-0.4, -0.2) is 40.2 Å². The van der Waals surface area contributed by atoms with Gasteiger partial charge in [0.05, 0.1) is 6.04 Å². The van der Waals surface area contributed by atoms with Gasteiger partial charge in [-0.2, -0.15) is 0 Å². The molecular formula is C27H33F2N3O2. The Morgan fingerprint density at radius 1 is 1.12 bits per heavy atom. The Balaban J connectivity index is 2.20. The molecule has 3 N–H and O–H groups in total. The van der Waals surface area contributed by atoms with Crippen molar-refractivity contribution >= 4 is 5.91 Å². The highest BCUT2D eigenvalue weighted by Gasteiger charge is 2.36. The number of aliphatic hydroxyl groups is 1. The maximum absolute atomic E-state index is 14.7. The zero-order chi connectivity index (χ0) is 24.9. The van der Waals surface area contributed by atoms with E-state index in [0.29, 0.717) is 31.6 Å². The molecule has 1 aromatic heterocycles. The van der Waals surface area contributed by atoms with Gasteiger partial charge in [-0.1, -0.05) is 51.1 Å². The van der Waals surface area contributed by atoms with Gasteiger partial charge in [0.2, 0.25) is 5.91 Å². The number of carbonyl (C=O) groups is 1. The minimum absolute atomic E-state index is 0.155. The molecule has 0 saturated carbocycles. The highest BCUT2D eigenvalue weighted by atomic mass is 19.1. The van der Waals surface area contributed by atoms with Crippen LogP contribution in [0.3, 0.4) is 0 Å². The van der Waals surface area contributed by atoms with Crippen LogP contribution in [0.5, 0.6) is 0 Å². The molecule has 5 nitrogen and oxygen atoms in total. The number of halogens is 2. The van der Waals surface area contributed by atoms with E-state index in [1.165, 1.54) is 6.07 Å². The molecule has 0 aliphatic rings. The van der Waals surface area contributed by atoms with Crippen molar-refractivity contribution in [1.82, 2.24) is 9.47 Å². The van der Waals surface area contributed by atoms with Crippen LogP contribution >= 0.6 is 0 Å². The first kappa shape index (κ1) is 25.6. The minimum atomic E-state index is -0.623. The predicted molar refractivity (Wildman–Crippen MR) is 130 cm³/mol. The number of nitrogens with zero attached hydrogens (tertiary/aromatic N) is 2. The molecule has 3 aromatic rings. The van der Waals surface area contributed by atoms with E-state index in [4.69, 9.17) is 5.73 Å². The molecule has 1 atom stereocenters. The van der Waals surface area contributed by atoms with Gasteiger partial charge in [-0.05, 0) is 48.2 Å². The summed E-state index contributed by atoms with van der Waals surface area (Å²) >= 11 is 0. The van der Waals surface area contributed by atoms with Crippen LogP contribution in [0, 0.1) is 17.0 Å². The molecule has 3 rings (SSSR count). The van der Waals surface area contributed by atoms with Crippen LogP contribution in [-0.2, 0) is 11.3 Å². The zero-order valence-corrected chi connectivity index (χ0v) is 20.0. The Kier molecular flexibility index (Phi) is 8.23. The molecule has 0 aliphatic heterocycles. The summed E-state index contributed by atoms with van der Waals surface area (Å²) in [6, 6.07) is 14.6. The van der Waals surface area contributed by atoms with E-state index < -0.39 is 35.6 Å². The van der Waals surface area contributed by atoms with Crippen molar-refractivity contribution in [3.05, 3.63) is 83.7 Å². The molecule has 1 amide bonds. The van der Waals surface area contributed by atoms with Crippen LogP contribution in [0.15, 0.2) is 60.8 Å². The molecule has 7 heteroatoms. The molecule has 1 unspecified atom stereocenters. The summed E-state index contributed by atoms with van der Waals surface area (Å²) in [4.78, 5) is 14.5. The fourth-order valence-electron chi connectivity index (χ4n) is 4.36. The molecule has 0 aliphatic carbocycles. The molecule has 0 fully saturated rings. The normalized spacial score (nSPS) is 12.6. The van der Waals surface area contributed by atoms with E-state index in [2.05, 4.69) is 0 Å². The lowest BCUT2D eigenvalue weighted by molar-refractivity contribution is -0.139.